The van der Waals surface area contributed by atoms with Gasteiger partial charge < -0.3 is 15.1 Å². The monoisotopic (exact) mass is 347 g/mol. The lowest BCUT2D eigenvalue weighted by Crippen LogP contribution is -2.57. The van der Waals surface area contributed by atoms with Crippen LogP contribution >= 0.6 is 11.8 Å². The van der Waals surface area contributed by atoms with Crippen LogP contribution in [-0.2, 0) is 16.1 Å². The molecule has 2 aliphatic rings. The molecule has 128 valence electrons. The fraction of sp³-hybridized carbons (Fsp3) is 0.471. The number of thioether (sulfide) groups is 1. The first-order valence-electron chi connectivity index (χ1n) is 8.01. The summed E-state index contributed by atoms with van der Waals surface area (Å²) < 4.78 is 0. The minimum absolute atomic E-state index is 0.0116. The molecule has 2 saturated heterocycles. The Morgan fingerprint density at radius 2 is 2.00 bits per heavy atom. The van der Waals surface area contributed by atoms with Gasteiger partial charge in [0, 0.05) is 23.9 Å². The van der Waals surface area contributed by atoms with Crippen molar-refractivity contribution < 1.29 is 14.4 Å². The number of rotatable bonds is 4. The molecule has 2 aliphatic heterocycles. The Hall–Kier alpha value is -2.02. The van der Waals surface area contributed by atoms with Crippen molar-refractivity contribution in [1.29, 1.82) is 0 Å². The van der Waals surface area contributed by atoms with Crippen LogP contribution < -0.4 is 5.32 Å². The first-order valence-corrected chi connectivity index (χ1v) is 9.17. The number of piperazine rings is 1. The highest BCUT2D eigenvalue weighted by molar-refractivity contribution is 7.99. The molecule has 0 aromatic heterocycles. The predicted octanol–water partition coefficient (Wildman–Crippen LogP) is 1.07. The van der Waals surface area contributed by atoms with Crippen molar-refractivity contribution in [3.05, 3.63) is 35.4 Å². The summed E-state index contributed by atoms with van der Waals surface area (Å²) in [7, 11) is 0. The SMILES string of the molecule is CC(C)NC(=O)c1ccc(CN2CC(=O)N3CSCC3C2=O)cc1. The van der Waals surface area contributed by atoms with Gasteiger partial charge in [-0.25, -0.2) is 0 Å². The maximum atomic E-state index is 12.5. The van der Waals surface area contributed by atoms with Gasteiger partial charge in [0.05, 0.1) is 5.88 Å². The Bertz CT molecular complexity index is 660. The molecular weight excluding hydrogens is 326 g/mol. The summed E-state index contributed by atoms with van der Waals surface area (Å²) in [6, 6.07) is 6.95. The van der Waals surface area contributed by atoms with Gasteiger partial charge >= 0.3 is 0 Å². The first kappa shape index (κ1) is 16.8. The van der Waals surface area contributed by atoms with E-state index in [4.69, 9.17) is 0 Å². The van der Waals surface area contributed by atoms with Gasteiger partial charge in [0.25, 0.3) is 5.91 Å². The van der Waals surface area contributed by atoms with E-state index in [1.165, 1.54) is 0 Å². The van der Waals surface area contributed by atoms with Gasteiger partial charge in [-0.15, -0.1) is 11.8 Å². The Morgan fingerprint density at radius 1 is 1.29 bits per heavy atom. The molecule has 0 spiro atoms. The van der Waals surface area contributed by atoms with Crippen LogP contribution in [0.2, 0.25) is 0 Å². The second kappa shape index (κ2) is 6.84. The van der Waals surface area contributed by atoms with Crippen molar-refractivity contribution in [3.8, 4) is 0 Å². The second-order valence-electron chi connectivity index (χ2n) is 6.40. The van der Waals surface area contributed by atoms with Crippen LogP contribution in [0, 0.1) is 0 Å². The summed E-state index contributed by atoms with van der Waals surface area (Å²) in [4.78, 5) is 39.9. The summed E-state index contributed by atoms with van der Waals surface area (Å²) in [6.45, 7) is 4.35. The lowest BCUT2D eigenvalue weighted by molar-refractivity contribution is -0.153. The topological polar surface area (TPSA) is 69.7 Å². The maximum Gasteiger partial charge on any atom is 0.251 e. The van der Waals surface area contributed by atoms with E-state index in [0.717, 1.165) is 5.56 Å². The van der Waals surface area contributed by atoms with Crippen LogP contribution in [-0.4, -0.2) is 57.8 Å². The Labute approximate surface area is 145 Å². The van der Waals surface area contributed by atoms with Gasteiger partial charge in [0.1, 0.15) is 12.6 Å². The Balaban J connectivity index is 1.66. The number of fused-ring (bicyclic) bond motifs is 1. The zero-order valence-corrected chi connectivity index (χ0v) is 14.6. The van der Waals surface area contributed by atoms with Gasteiger partial charge in [-0.3, -0.25) is 14.4 Å². The van der Waals surface area contributed by atoms with Gasteiger partial charge in [0.15, 0.2) is 0 Å². The van der Waals surface area contributed by atoms with E-state index in [1.807, 2.05) is 26.0 Å². The van der Waals surface area contributed by atoms with E-state index in [1.54, 1.807) is 33.7 Å². The molecule has 0 radical (unpaired) electrons. The molecule has 7 heteroatoms. The number of amides is 3. The molecule has 1 unspecified atom stereocenters. The molecule has 2 heterocycles. The number of hydrogen-bond donors (Lipinski definition) is 1. The summed E-state index contributed by atoms with van der Waals surface area (Å²) in [5.41, 5.74) is 1.50. The summed E-state index contributed by atoms with van der Waals surface area (Å²) in [6.07, 6.45) is 0. The standard InChI is InChI=1S/C17H21N3O3S/c1-11(2)18-16(22)13-5-3-12(4-6-13)7-19-8-15(21)20-10-24-9-14(20)17(19)23/h3-6,11,14H,7-10H2,1-2H3,(H,18,22). The molecule has 3 rings (SSSR count). The van der Waals surface area contributed by atoms with E-state index in [9.17, 15) is 14.4 Å². The van der Waals surface area contributed by atoms with Gasteiger partial charge in [-0.2, -0.15) is 0 Å². The number of hydrogen-bond acceptors (Lipinski definition) is 4. The second-order valence-corrected chi connectivity index (χ2v) is 7.40. The summed E-state index contributed by atoms with van der Waals surface area (Å²) in [5, 5.41) is 2.84. The number of nitrogens with one attached hydrogen (secondary N) is 1. The normalized spacial score (nSPS) is 20.5. The number of benzene rings is 1. The lowest BCUT2D eigenvalue weighted by atomic mass is 10.1. The van der Waals surface area contributed by atoms with Crippen LogP contribution in [0.3, 0.4) is 0 Å². The summed E-state index contributed by atoms with van der Waals surface area (Å²) in [5.74, 6) is 1.20. The van der Waals surface area contributed by atoms with Crippen molar-refractivity contribution in [3.63, 3.8) is 0 Å². The van der Waals surface area contributed by atoms with Crippen molar-refractivity contribution in [2.24, 2.45) is 0 Å². The van der Waals surface area contributed by atoms with E-state index in [0.29, 0.717) is 23.7 Å². The molecule has 3 amide bonds. The Kier molecular flexibility index (Phi) is 4.80. The van der Waals surface area contributed by atoms with Gasteiger partial charge in [-0.1, -0.05) is 12.1 Å². The molecule has 1 atom stereocenters. The van der Waals surface area contributed by atoms with Crippen molar-refractivity contribution >= 4 is 29.5 Å². The molecule has 2 fully saturated rings. The zero-order valence-electron chi connectivity index (χ0n) is 13.8. The predicted molar refractivity (Wildman–Crippen MR) is 92.4 cm³/mol. The highest BCUT2D eigenvalue weighted by Gasteiger charge is 2.42. The molecular formula is C17H21N3O3S. The third kappa shape index (κ3) is 3.40. The molecule has 0 aliphatic carbocycles. The minimum Gasteiger partial charge on any atom is -0.350 e. The largest absolute Gasteiger partial charge is 0.350 e. The molecule has 1 aromatic carbocycles. The lowest BCUT2D eigenvalue weighted by Gasteiger charge is -2.35. The third-order valence-electron chi connectivity index (χ3n) is 4.13. The first-order chi connectivity index (χ1) is 11.5. The van der Waals surface area contributed by atoms with Gasteiger partial charge in [-0.05, 0) is 31.5 Å². The number of carbonyl (C=O) groups excluding carboxylic acids is 3. The third-order valence-corrected chi connectivity index (χ3v) is 5.15. The molecule has 1 N–H and O–H groups in total. The molecule has 6 nitrogen and oxygen atoms in total. The smallest absolute Gasteiger partial charge is 0.251 e. The minimum atomic E-state index is -0.313. The zero-order chi connectivity index (χ0) is 17.3. The highest BCUT2D eigenvalue weighted by atomic mass is 32.2. The molecule has 1 aromatic rings. The van der Waals surface area contributed by atoms with Gasteiger partial charge in [0.2, 0.25) is 11.8 Å². The van der Waals surface area contributed by atoms with E-state index in [2.05, 4.69) is 5.32 Å². The van der Waals surface area contributed by atoms with Crippen LogP contribution in [0.15, 0.2) is 24.3 Å². The van der Waals surface area contributed by atoms with Crippen LogP contribution in [0.4, 0.5) is 0 Å². The van der Waals surface area contributed by atoms with Crippen LogP contribution in [0.25, 0.3) is 0 Å². The summed E-state index contributed by atoms with van der Waals surface area (Å²) >= 11 is 1.62. The Morgan fingerprint density at radius 3 is 2.67 bits per heavy atom. The van der Waals surface area contributed by atoms with E-state index < -0.39 is 0 Å². The van der Waals surface area contributed by atoms with Crippen LogP contribution in [0.5, 0.6) is 0 Å². The average molecular weight is 347 g/mol. The highest BCUT2D eigenvalue weighted by Crippen LogP contribution is 2.26. The average Bonchev–Trinajstić information content (AvgIpc) is 3.03. The van der Waals surface area contributed by atoms with E-state index in [-0.39, 0.29) is 36.3 Å². The fourth-order valence-electron chi connectivity index (χ4n) is 2.90. The number of nitrogens with zero attached hydrogens (tertiary/aromatic N) is 2. The molecule has 0 saturated carbocycles. The van der Waals surface area contributed by atoms with Crippen molar-refractivity contribution in [2.45, 2.75) is 32.5 Å². The van der Waals surface area contributed by atoms with Crippen LogP contribution in [0.1, 0.15) is 29.8 Å². The van der Waals surface area contributed by atoms with E-state index >= 15 is 0 Å². The quantitative estimate of drug-likeness (QED) is 0.884. The molecule has 0 bridgehead atoms. The molecule has 24 heavy (non-hydrogen) atoms. The van der Waals surface area contributed by atoms with Crippen molar-refractivity contribution in [1.82, 2.24) is 15.1 Å². The fourth-order valence-corrected chi connectivity index (χ4v) is 4.07. The van der Waals surface area contributed by atoms with Crippen molar-refractivity contribution in [2.75, 3.05) is 18.2 Å². The number of carbonyl (C=O) groups is 3. The maximum absolute atomic E-state index is 12.5.